The zero-order valence-corrected chi connectivity index (χ0v) is 8.34. The second kappa shape index (κ2) is 3.88. The van der Waals surface area contributed by atoms with Gasteiger partial charge >= 0.3 is 0 Å². The molecule has 0 aliphatic rings. The maximum atomic E-state index is 9.23. The SMILES string of the molecule is Cc1occ(-c2ccccc2)c1C(O)O. The van der Waals surface area contributed by atoms with Gasteiger partial charge in [0.1, 0.15) is 5.76 Å². The van der Waals surface area contributed by atoms with Crippen LogP contribution in [0, 0.1) is 6.92 Å². The molecule has 0 radical (unpaired) electrons. The van der Waals surface area contributed by atoms with E-state index in [4.69, 9.17) is 4.42 Å². The minimum absolute atomic E-state index is 0.432. The first-order valence-corrected chi connectivity index (χ1v) is 4.69. The summed E-state index contributed by atoms with van der Waals surface area (Å²) in [6.45, 7) is 1.71. The average Bonchev–Trinajstić information content (AvgIpc) is 2.61. The van der Waals surface area contributed by atoms with E-state index in [-0.39, 0.29) is 0 Å². The monoisotopic (exact) mass is 204 g/mol. The number of hydrogen-bond acceptors (Lipinski definition) is 3. The van der Waals surface area contributed by atoms with Gasteiger partial charge in [-0.05, 0) is 12.5 Å². The third-order valence-corrected chi connectivity index (χ3v) is 2.37. The van der Waals surface area contributed by atoms with E-state index < -0.39 is 6.29 Å². The van der Waals surface area contributed by atoms with Crippen LogP contribution in [-0.2, 0) is 0 Å². The first kappa shape index (κ1) is 9.96. The Hall–Kier alpha value is -1.58. The number of furan rings is 1. The number of aliphatic hydroxyl groups excluding tert-OH is 1. The number of benzene rings is 1. The second-order valence-electron chi connectivity index (χ2n) is 3.36. The Labute approximate surface area is 87.6 Å². The van der Waals surface area contributed by atoms with E-state index in [1.807, 2.05) is 30.3 Å². The van der Waals surface area contributed by atoms with Crippen molar-refractivity contribution in [1.82, 2.24) is 0 Å². The number of rotatable bonds is 2. The first-order valence-electron chi connectivity index (χ1n) is 4.69. The van der Waals surface area contributed by atoms with Crippen LogP contribution in [0.1, 0.15) is 17.6 Å². The van der Waals surface area contributed by atoms with Gasteiger partial charge in [0, 0.05) is 5.56 Å². The van der Waals surface area contributed by atoms with E-state index in [0.717, 1.165) is 11.1 Å². The van der Waals surface area contributed by atoms with E-state index in [9.17, 15) is 10.2 Å². The Balaban J connectivity index is 2.54. The lowest BCUT2D eigenvalue weighted by Crippen LogP contribution is -1.97. The largest absolute Gasteiger partial charge is 0.468 e. The minimum atomic E-state index is -1.50. The van der Waals surface area contributed by atoms with Crippen LogP contribution in [-0.4, -0.2) is 10.2 Å². The molecule has 0 aliphatic carbocycles. The highest BCUT2D eigenvalue weighted by Gasteiger charge is 2.17. The van der Waals surface area contributed by atoms with Crippen LogP contribution in [0.2, 0.25) is 0 Å². The van der Waals surface area contributed by atoms with Crippen molar-refractivity contribution in [3.63, 3.8) is 0 Å². The Morgan fingerprint density at radius 1 is 1.13 bits per heavy atom. The molecule has 0 saturated carbocycles. The summed E-state index contributed by atoms with van der Waals surface area (Å²) in [7, 11) is 0. The minimum Gasteiger partial charge on any atom is -0.468 e. The summed E-state index contributed by atoms with van der Waals surface area (Å²) in [6.07, 6.45) is 0.0401. The van der Waals surface area contributed by atoms with Gasteiger partial charge in [-0.15, -0.1) is 0 Å². The van der Waals surface area contributed by atoms with Crippen molar-refractivity contribution in [3.05, 3.63) is 47.9 Å². The summed E-state index contributed by atoms with van der Waals surface area (Å²) < 4.78 is 5.19. The maximum absolute atomic E-state index is 9.23. The fraction of sp³-hybridized carbons (Fsp3) is 0.167. The van der Waals surface area contributed by atoms with Crippen molar-refractivity contribution in [3.8, 4) is 11.1 Å². The predicted molar refractivity (Wildman–Crippen MR) is 56.1 cm³/mol. The van der Waals surface area contributed by atoms with Gasteiger partial charge in [-0.2, -0.15) is 0 Å². The fourth-order valence-electron chi connectivity index (χ4n) is 1.63. The van der Waals surface area contributed by atoms with Crippen molar-refractivity contribution in [2.24, 2.45) is 0 Å². The molecule has 0 spiro atoms. The lowest BCUT2D eigenvalue weighted by Gasteiger charge is -2.05. The van der Waals surface area contributed by atoms with Crippen LogP contribution in [0.3, 0.4) is 0 Å². The molecule has 2 aromatic rings. The third kappa shape index (κ3) is 1.79. The highest BCUT2D eigenvalue weighted by molar-refractivity contribution is 5.67. The molecule has 1 aromatic carbocycles. The van der Waals surface area contributed by atoms with Crippen molar-refractivity contribution < 1.29 is 14.6 Å². The number of aryl methyl sites for hydroxylation is 1. The van der Waals surface area contributed by atoms with Crippen molar-refractivity contribution in [2.75, 3.05) is 0 Å². The third-order valence-electron chi connectivity index (χ3n) is 2.37. The molecular weight excluding hydrogens is 192 g/mol. The molecule has 78 valence electrons. The van der Waals surface area contributed by atoms with E-state index in [1.54, 1.807) is 13.2 Å². The summed E-state index contributed by atoms with van der Waals surface area (Å²) in [5, 5.41) is 18.5. The zero-order chi connectivity index (χ0) is 10.8. The van der Waals surface area contributed by atoms with Gasteiger partial charge in [0.25, 0.3) is 0 Å². The molecule has 0 amide bonds. The molecule has 0 saturated heterocycles. The predicted octanol–water partition coefficient (Wildman–Crippen LogP) is 2.24. The summed E-state index contributed by atoms with van der Waals surface area (Å²) in [6, 6.07) is 9.49. The standard InChI is InChI=1S/C12H12O3/c1-8-11(12(13)14)10(7-15-8)9-5-3-2-4-6-9/h2-7,12-14H,1H3. The summed E-state index contributed by atoms with van der Waals surface area (Å²) in [5.41, 5.74) is 2.07. The normalized spacial score (nSPS) is 10.9. The van der Waals surface area contributed by atoms with Gasteiger partial charge in [-0.1, -0.05) is 30.3 Å². The van der Waals surface area contributed by atoms with E-state index >= 15 is 0 Å². The van der Waals surface area contributed by atoms with Gasteiger partial charge in [0.15, 0.2) is 6.29 Å². The highest BCUT2D eigenvalue weighted by Crippen LogP contribution is 2.31. The van der Waals surface area contributed by atoms with Crippen LogP contribution in [0.15, 0.2) is 41.0 Å². The molecule has 0 aliphatic heterocycles. The zero-order valence-electron chi connectivity index (χ0n) is 8.34. The Morgan fingerprint density at radius 2 is 1.80 bits per heavy atom. The first-order chi connectivity index (χ1) is 7.20. The van der Waals surface area contributed by atoms with Gasteiger partial charge in [-0.3, -0.25) is 0 Å². The number of hydrogen-bond donors (Lipinski definition) is 2. The van der Waals surface area contributed by atoms with Gasteiger partial charge in [-0.25, -0.2) is 0 Å². The quantitative estimate of drug-likeness (QED) is 0.737. The molecule has 0 atom stereocenters. The van der Waals surface area contributed by atoms with Crippen LogP contribution in [0.25, 0.3) is 11.1 Å². The molecule has 0 fully saturated rings. The smallest absolute Gasteiger partial charge is 0.182 e. The summed E-state index contributed by atoms with van der Waals surface area (Å²) in [5.74, 6) is 0.531. The summed E-state index contributed by atoms with van der Waals surface area (Å²) >= 11 is 0. The average molecular weight is 204 g/mol. The van der Waals surface area contributed by atoms with E-state index in [0.29, 0.717) is 11.3 Å². The van der Waals surface area contributed by atoms with Gasteiger partial charge < -0.3 is 14.6 Å². The van der Waals surface area contributed by atoms with Crippen molar-refractivity contribution >= 4 is 0 Å². The van der Waals surface area contributed by atoms with Crippen LogP contribution < -0.4 is 0 Å². The summed E-state index contributed by atoms with van der Waals surface area (Å²) in [4.78, 5) is 0. The Bertz CT molecular complexity index is 443. The van der Waals surface area contributed by atoms with Crippen LogP contribution in [0.5, 0.6) is 0 Å². The lowest BCUT2D eigenvalue weighted by molar-refractivity contribution is -0.0430. The van der Waals surface area contributed by atoms with Gasteiger partial charge in [0.2, 0.25) is 0 Å². The van der Waals surface area contributed by atoms with Crippen molar-refractivity contribution in [1.29, 1.82) is 0 Å². The van der Waals surface area contributed by atoms with E-state index in [2.05, 4.69) is 0 Å². The fourth-order valence-corrected chi connectivity index (χ4v) is 1.63. The van der Waals surface area contributed by atoms with E-state index in [1.165, 1.54) is 0 Å². The lowest BCUT2D eigenvalue weighted by atomic mass is 10.0. The Kier molecular flexibility index (Phi) is 2.58. The molecule has 15 heavy (non-hydrogen) atoms. The number of aliphatic hydroxyl groups is 2. The molecule has 0 unspecified atom stereocenters. The highest BCUT2D eigenvalue weighted by atomic mass is 16.5. The molecular formula is C12H12O3. The van der Waals surface area contributed by atoms with Crippen LogP contribution >= 0.6 is 0 Å². The Morgan fingerprint density at radius 3 is 2.40 bits per heavy atom. The topological polar surface area (TPSA) is 53.6 Å². The van der Waals surface area contributed by atoms with Crippen molar-refractivity contribution in [2.45, 2.75) is 13.2 Å². The molecule has 3 heteroatoms. The molecule has 1 aromatic heterocycles. The van der Waals surface area contributed by atoms with Gasteiger partial charge in [0.05, 0.1) is 11.8 Å². The molecule has 3 nitrogen and oxygen atoms in total. The molecule has 2 N–H and O–H groups in total. The van der Waals surface area contributed by atoms with Crippen LogP contribution in [0.4, 0.5) is 0 Å². The molecule has 2 rings (SSSR count). The molecule has 0 bridgehead atoms. The maximum Gasteiger partial charge on any atom is 0.182 e. The second-order valence-corrected chi connectivity index (χ2v) is 3.36. The molecule has 1 heterocycles.